The minimum absolute atomic E-state index is 0.221. The molecule has 2 amide bonds. The highest BCUT2D eigenvalue weighted by atomic mass is 19.1. The predicted molar refractivity (Wildman–Crippen MR) is 90.7 cm³/mol. The second kappa shape index (κ2) is 8.05. The molecule has 1 unspecified atom stereocenters. The van der Waals surface area contributed by atoms with E-state index < -0.39 is 23.8 Å². The van der Waals surface area contributed by atoms with Crippen molar-refractivity contribution in [2.75, 3.05) is 10.6 Å². The fourth-order valence-corrected chi connectivity index (χ4v) is 1.95. The molecular formula is C18H17FN2O4. The van der Waals surface area contributed by atoms with Gasteiger partial charge in [-0.05, 0) is 55.5 Å². The number of benzene rings is 2. The molecule has 0 aromatic heterocycles. The maximum Gasteiger partial charge on any atom is 0.338 e. The molecule has 2 N–H and O–H groups in total. The Bertz CT molecular complexity index is 773. The van der Waals surface area contributed by atoms with E-state index in [9.17, 15) is 18.8 Å². The van der Waals surface area contributed by atoms with Gasteiger partial charge in [-0.2, -0.15) is 0 Å². The predicted octanol–water partition coefficient (Wildman–Crippen LogP) is 2.97. The van der Waals surface area contributed by atoms with E-state index in [1.165, 1.54) is 50.2 Å². The Hall–Kier alpha value is -3.22. The number of anilines is 2. The van der Waals surface area contributed by atoms with Crippen LogP contribution < -0.4 is 10.6 Å². The van der Waals surface area contributed by atoms with Gasteiger partial charge in [-0.3, -0.25) is 9.59 Å². The molecule has 0 saturated carbocycles. The molecule has 6 nitrogen and oxygen atoms in total. The summed E-state index contributed by atoms with van der Waals surface area (Å²) >= 11 is 0. The minimum Gasteiger partial charge on any atom is -0.449 e. The van der Waals surface area contributed by atoms with Crippen LogP contribution in [0.3, 0.4) is 0 Å². The van der Waals surface area contributed by atoms with E-state index in [-0.39, 0.29) is 11.5 Å². The molecule has 0 saturated heterocycles. The summed E-state index contributed by atoms with van der Waals surface area (Å²) in [7, 11) is 0. The number of hydrogen-bond acceptors (Lipinski definition) is 4. The molecule has 0 aliphatic heterocycles. The molecule has 0 spiro atoms. The van der Waals surface area contributed by atoms with Crippen LogP contribution in [-0.2, 0) is 14.3 Å². The fourth-order valence-electron chi connectivity index (χ4n) is 1.95. The second-order valence-electron chi connectivity index (χ2n) is 5.30. The maximum atomic E-state index is 12.8. The zero-order valence-electron chi connectivity index (χ0n) is 13.7. The topological polar surface area (TPSA) is 84.5 Å². The lowest BCUT2D eigenvalue weighted by atomic mass is 10.2. The Morgan fingerprint density at radius 2 is 1.44 bits per heavy atom. The Morgan fingerprint density at radius 3 is 2.00 bits per heavy atom. The molecule has 25 heavy (non-hydrogen) atoms. The van der Waals surface area contributed by atoms with Crippen LogP contribution in [0.4, 0.5) is 15.8 Å². The van der Waals surface area contributed by atoms with Crippen molar-refractivity contribution in [3.63, 3.8) is 0 Å². The van der Waals surface area contributed by atoms with Crippen LogP contribution in [0.1, 0.15) is 24.2 Å². The van der Waals surface area contributed by atoms with Gasteiger partial charge in [-0.1, -0.05) is 0 Å². The fraction of sp³-hybridized carbons (Fsp3) is 0.167. The smallest absolute Gasteiger partial charge is 0.338 e. The standard InChI is InChI=1S/C18H17FN2O4/c1-11(17(23)21-16-9-5-14(19)6-10-16)25-18(24)13-3-7-15(8-4-13)20-12(2)22/h3-11H,1-2H3,(H,20,22)(H,21,23). The van der Waals surface area contributed by atoms with E-state index in [1.54, 1.807) is 12.1 Å². The summed E-state index contributed by atoms with van der Waals surface area (Å²) < 4.78 is 17.9. The van der Waals surface area contributed by atoms with E-state index >= 15 is 0 Å². The summed E-state index contributed by atoms with van der Waals surface area (Å²) in [6.45, 7) is 2.81. The summed E-state index contributed by atoms with van der Waals surface area (Å²) in [4.78, 5) is 35.0. The van der Waals surface area contributed by atoms with Gasteiger partial charge in [-0.15, -0.1) is 0 Å². The van der Waals surface area contributed by atoms with Gasteiger partial charge in [0.25, 0.3) is 5.91 Å². The highest BCUT2D eigenvalue weighted by Crippen LogP contribution is 2.13. The Kier molecular flexibility index (Phi) is 5.84. The van der Waals surface area contributed by atoms with Gasteiger partial charge in [0.05, 0.1) is 5.56 Å². The average Bonchev–Trinajstić information content (AvgIpc) is 2.57. The highest BCUT2D eigenvalue weighted by molar-refractivity contribution is 5.97. The third kappa shape index (κ3) is 5.42. The van der Waals surface area contributed by atoms with E-state index in [0.29, 0.717) is 11.4 Å². The molecule has 2 rings (SSSR count). The molecule has 0 aliphatic carbocycles. The normalized spacial score (nSPS) is 11.3. The van der Waals surface area contributed by atoms with Crippen molar-refractivity contribution in [2.24, 2.45) is 0 Å². The lowest BCUT2D eigenvalue weighted by Crippen LogP contribution is -2.30. The number of nitrogens with one attached hydrogen (secondary N) is 2. The van der Waals surface area contributed by atoms with Crippen LogP contribution in [-0.4, -0.2) is 23.9 Å². The molecule has 2 aromatic rings. The van der Waals surface area contributed by atoms with Gasteiger partial charge >= 0.3 is 5.97 Å². The van der Waals surface area contributed by atoms with Gasteiger partial charge in [0.1, 0.15) is 5.82 Å². The first-order chi connectivity index (χ1) is 11.8. The largest absolute Gasteiger partial charge is 0.449 e. The van der Waals surface area contributed by atoms with Gasteiger partial charge in [0.15, 0.2) is 6.10 Å². The first-order valence-electron chi connectivity index (χ1n) is 7.50. The van der Waals surface area contributed by atoms with Crippen LogP contribution in [0.2, 0.25) is 0 Å². The Balaban J connectivity index is 1.93. The first-order valence-corrected chi connectivity index (χ1v) is 7.50. The molecule has 0 fully saturated rings. The number of esters is 1. The van der Waals surface area contributed by atoms with Crippen molar-refractivity contribution in [1.29, 1.82) is 0 Å². The van der Waals surface area contributed by atoms with Crippen LogP contribution in [0.5, 0.6) is 0 Å². The zero-order chi connectivity index (χ0) is 18.4. The molecule has 0 radical (unpaired) electrons. The summed E-state index contributed by atoms with van der Waals surface area (Å²) in [5.74, 6) is -1.84. The van der Waals surface area contributed by atoms with Crippen LogP contribution in [0.25, 0.3) is 0 Å². The summed E-state index contributed by atoms with van der Waals surface area (Å²) in [5.41, 5.74) is 1.19. The van der Waals surface area contributed by atoms with Crippen molar-refractivity contribution in [3.8, 4) is 0 Å². The van der Waals surface area contributed by atoms with Gasteiger partial charge in [0, 0.05) is 18.3 Å². The van der Waals surface area contributed by atoms with Crippen molar-refractivity contribution < 1.29 is 23.5 Å². The number of ether oxygens (including phenoxy) is 1. The van der Waals surface area contributed by atoms with Crippen LogP contribution >= 0.6 is 0 Å². The highest BCUT2D eigenvalue weighted by Gasteiger charge is 2.19. The second-order valence-corrected chi connectivity index (χ2v) is 5.30. The van der Waals surface area contributed by atoms with Crippen molar-refractivity contribution in [1.82, 2.24) is 0 Å². The number of halogens is 1. The Labute approximate surface area is 144 Å². The first kappa shape index (κ1) is 18.1. The van der Waals surface area contributed by atoms with Gasteiger partial charge in [0.2, 0.25) is 5.91 Å². The lowest BCUT2D eigenvalue weighted by molar-refractivity contribution is -0.123. The maximum absolute atomic E-state index is 12.8. The zero-order valence-corrected chi connectivity index (χ0v) is 13.7. The Morgan fingerprint density at radius 1 is 0.920 bits per heavy atom. The SMILES string of the molecule is CC(=O)Nc1ccc(C(=O)OC(C)C(=O)Nc2ccc(F)cc2)cc1. The number of rotatable bonds is 5. The molecule has 0 bridgehead atoms. The van der Waals surface area contributed by atoms with E-state index in [0.717, 1.165) is 0 Å². The third-order valence-corrected chi connectivity index (χ3v) is 3.21. The molecule has 2 aromatic carbocycles. The van der Waals surface area contributed by atoms with Gasteiger partial charge in [-0.25, -0.2) is 9.18 Å². The molecule has 130 valence electrons. The van der Waals surface area contributed by atoms with Crippen molar-refractivity contribution in [2.45, 2.75) is 20.0 Å². The van der Waals surface area contributed by atoms with Crippen LogP contribution in [0, 0.1) is 5.82 Å². The minimum atomic E-state index is -1.03. The summed E-state index contributed by atoms with van der Waals surface area (Å²) in [6.07, 6.45) is -1.03. The van der Waals surface area contributed by atoms with E-state index in [2.05, 4.69) is 10.6 Å². The van der Waals surface area contributed by atoms with Crippen LogP contribution in [0.15, 0.2) is 48.5 Å². The van der Waals surface area contributed by atoms with E-state index in [1.807, 2.05) is 0 Å². The number of hydrogen-bond donors (Lipinski definition) is 2. The number of carbonyl (C=O) groups is 3. The molecule has 7 heteroatoms. The number of carbonyl (C=O) groups excluding carboxylic acids is 3. The third-order valence-electron chi connectivity index (χ3n) is 3.21. The average molecular weight is 344 g/mol. The molecule has 1 atom stereocenters. The summed E-state index contributed by atoms with van der Waals surface area (Å²) in [5, 5.41) is 5.11. The monoisotopic (exact) mass is 344 g/mol. The van der Waals surface area contributed by atoms with Crippen molar-refractivity contribution in [3.05, 3.63) is 59.9 Å². The summed E-state index contributed by atoms with van der Waals surface area (Å²) in [6, 6.07) is 11.3. The molecule has 0 heterocycles. The van der Waals surface area contributed by atoms with Gasteiger partial charge < -0.3 is 15.4 Å². The van der Waals surface area contributed by atoms with E-state index in [4.69, 9.17) is 4.74 Å². The van der Waals surface area contributed by atoms with Crippen molar-refractivity contribution >= 4 is 29.2 Å². The quantitative estimate of drug-likeness (QED) is 0.817. The number of amides is 2. The molecular weight excluding hydrogens is 327 g/mol. The lowest BCUT2D eigenvalue weighted by Gasteiger charge is -2.13. The molecule has 0 aliphatic rings.